The van der Waals surface area contributed by atoms with E-state index in [1.54, 1.807) is 20.1 Å². The van der Waals surface area contributed by atoms with Crippen molar-refractivity contribution in [2.45, 2.75) is 20.5 Å². The fourth-order valence-electron chi connectivity index (χ4n) is 1.96. The summed E-state index contributed by atoms with van der Waals surface area (Å²) in [6.07, 6.45) is 0. The van der Waals surface area contributed by atoms with Gasteiger partial charge in [-0.3, -0.25) is 4.79 Å². The van der Waals surface area contributed by atoms with Gasteiger partial charge in [0.15, 0.2) is 5.78 Å². The predicted molar refractivity (Wildman–Crippen MR) is 78.5 cm³/mol. The SMILES string of the molecule is COc1cccc(COc2cc(C)ccc2C(C)=O)c1. The van der Waals surface area contributed by atoms with Crippen molar-refractivity contribution in [1.82, 2.24) is 0 Å². The van der Waals surface area contributed by atoms with Crippen LogP contribution in [0.5, 0.6) is 11.5 Å². The quantitative estimate of drug-likeness (QED) is 0.775. The molecule has 0 N–H and O–H groups in total. The number of carbonyl (C=O) groups excluding carboxylic acids is 1. The molecule has 0 aliphatic heterocycles. The van der Waals surface area contributed by atoms with Crippen molar-refractivity contribution < 1.29 is 14.3 Å². The second-order valence-electron chi connectivity index (χ2n) is 4.70. The Bertz CT molecular complexity index is 617. The van der Waals surface area contributed by atoms with Gasteiger partial charge in [-0.2, -0.15) is 0 Å². The van der Waals surface area contributed by atoms with Gasteiger partial charge in [-0.15, -0.1) is 0 Å². The number of ether oxygens (including phenoxy) is 2. The molecule has 0 aliphatic rings. The van der Waals surface area contributed by atoms with E-state index in [1.807, 2.05) is 43.3 Å². The van der Waals surface area contributed by atoms with Crippen molar-refractivity contribution in [2.24, 2.45) is 0 Å². The second-order valence-corrected chi connectivity index (χ2v) is 4.70. The Morgan fingerprint density at radius 3 is 2.65 bits per heavy atom. The van der Waals surface area contributed by atoms with Crippen LogP contribution >= 0.6 is 0 Å². The van der Waals surface area contributed by atoms with Crippen molar-refractivity contribution >= 4 is 5.78 Å². The van der Waals surface area contributed by atoms with Gasteiger partial charge in [0.2, 0.25) is 0 Å². The van der Waals surface area contributed by atoms with Crippen LogP contribution in [0.4, 0.5) is 0 Å². The molecule has 0 saturated heterocycles. The number of aryl methyl sites for hydroxylation is 1. The van der Waals surface area contributed by atoms with Gasteiger partial charge in [-0.25, -0.2) is 0 Å². The van der Waals surface area contributed by atoms with Gasteiger partial charge < -0.3 is 9.47 Å². The fraction of sp³-hybridized carbons (Fsp3) is 0.235. The summed E-state index contributed by atoms with van der Waals surface area (Å²) in [7, 11) is 1.63. The van der Waals surface area contributed by atoms with Gasteiger partial charge in [0.05, 0.1) is 12.7 Å². The maximum Gasteiger partial charge on any atom is 0.163 e. The Kier molecular flexibility index (Phi) is 4.41. The van der Waals surface area contributed by atoms with Crippen LogP contribution in [0, 0.1) is 6.92 Å². The summed E-state index contributed by atoms with van der Waals surface area (Å²) in [5.41, 5.74) is 2.68. The molecule has 0 saturated carbocycles. The van der Waals surface area contributed by atoms with Crippen LogP contribution in [-0.2, 0) is 6.61 Å². The molecule has 0 fully saturated rings. The third-order valence-electron chi connectivity index (χ3n) is 3.04. The smallest absolute Gasteiger partial charge is 0.163 e. The first-order valence-electron chi connectivity index (χ1n) is 6.47. The Morgan fingerprint density at radius 2 is 1.95 bits per heavy atom. The first kappa shape index (κ1) is 14.1. The fourth-order valence-corrected chi connectivity index (χ4v) is 1.96. The van der Waals surface area contributed by atoms with Crippen molar-refractivity contribution in [2.75, 3.05) is 7.11 Å². The van der Waals surface area contributed by atoms with Gasteiger partial charge in [0, 0.05) is 0 Å². The molecule has 3 heteroatoms. The van der Waals surface area contributed by atoms with E-state index in [0.717, 1.165) is 16.9 Å². The van der Waals surface area contributed by atoms with E-state index in [2.05, 4.69) is 0 Å². The van der Waals surface area contributed by atoms with E-state index in [0.29, 0.717) is 17.9 Å². The van der Waals surface area contributed by atoms with Crippen LogP contribution < -0.4 is 9.47 Å². The van der Waals surface area contributed by atoms with Crippen molar-refractivity contribution in [3.63, 3.8) is 0 Å². The highest BCUT2D eigenvalue weighted by molar-refractivity contribution is 5.96. The van der Waals surface area contributed by atoms with E-state index < -0.39 is 0 Å². The lowest BCUT2D eigenvalue weighted by Crippen LogP contribution is -2.02. The standard InChI is InChI=1S/C17H18O3/c1-12-7-8-16(13(2)18)17(9-12)20-11-14-5-4-6-15(10-14)19-3/h4-10H,11H2,1-3H3. The van der Waals surface area contributed by atoms with Gasteiger partial charge in [0.1, 0.15) is 18.1 Å². The Hall–Kier alpha value is -2.29. The second kappa shape index (κ2) is 6.24. The monoisotopic (exact) mass is 270 g/mol. The first-order chi connectivity index (χ1) is 9.60. The van der Waals surface area contributed by atoms with Gasteiger partial charge in [0.25, 0.3) is 0 Å². The Balaban J connectivity index is 2.17. The number of hydrogen-bond acceptors (Lipinski definition) is 3. The summed E-state index contributed by atoms with van der Waals surface area (Å²) in [4.78, 5) is 11.6. The number of benzene rings is 2. The number of carbonyl (C=O) groups is 1. The minimum atomic E-state index is 0.00522. The molecule has 0 atom stereocenters. The average molecular weight is 270 g/mol. The largest absolute Gasteiger partial charge is 0.497 e. The number of rotatable bonds is 5. The molecule has 104 valence electrons. The van der Waals surface area contributed by atoms with Crippen molar-refractivity contribution in [1.29, 1.82) is 0 Å². The van der Waals surface area contributed by atoms with E-state index in [-0.39, 0.29) is 5.78 Å². The Morgan fingerprint density at radius 1 is 1.15 bits per heavy atom. The Labute approximate surface area is 119 Å². The van der Waals surface area contributed by atoms with E-state index >= 15 is 0 Å². The molecule has 0 aromatic heterocycles. The van der Waals surface area contributed by atoms with E-state index in [1.165, 1.54) is 0 Å². The summed E-state index contributed by atoms with van der Waals surface area (Å²) in [6, 6.07) is 13.3. The van der Waals surface area contributed by atoms with Gasteiger partial charge in [-0.1, -0.05) is 18.2 Å². The van der Waals surface area contributed by atoms with Crippen LogP contribution in [0.25, 0.3) is 0 Å². The van der Waals surface area contributed by atoms with Crippen LogP contribution in [-0.4, -0.2) is 12.9 Å². The molecule has 3 nitrogen and oxygen atoms in total. The molecule has 0 unspecified atom stereocenters. The number of hydrogen-bond donors (Lipinski definition) is 0. The van der Waals surface area contributed by atoms with Crippen LogP contribution in [0.1, 0.15) is 28.4 Å². The lowest BCUT2D eigenvalue weighted by atomic mass is 10.1. The zero-order valence-electron chi connectivity index (χ0n) is 12.0. The number of Topliss-reactive ketones (excluding diaryl/α,β-unsaturated/α-hetero) is 1. The molecule has 0 spiro atoms. The summed E-state index contributed by atoms with van der Waals surface area (Å²) in [6.45, 7) is 3.92. The highest BCUT2D eigenvalue weighted by atomic mass is 16.5. The van der Waals surface area contributed by atoms with Gasteiger partial charge in [-0.05, 0) is 49.2 Å². The third kappa shape index (κ3) is 3.38. The summed E-state index contributed by atoms with van der Waals surface area (Å²) >= 11 is 0. The molecule has 0 bridgehead atoms. The molecule has 0 aliphatic carbocycles. The average Bonchev–Trinajstić information content (AvgIpc) is 2.45. The molecule has 0 radical (unpaired) electrons. The predicted octanol–water partition coefficient (Wildman–Crippen LogP) is 3.79. The van der Waals surface area contributed by atoms with Gasteiger partial charge >= 0.3 is 0 Å². The van der Waals surface area contributed by atoms with E-state index in [9.17, 15) is 4.79 Å². The molecule has 20 heavy (non-hydrogen) atoms. The van der Waals surface area contributed by atoms with E-state index in [4.69, 9.17) is 9.47 Å². The highest BCUT2D eigenvalue weighted by Crippen LogP contribution is 2.22. The first-order valence-corrected chi connectivity index (χ1v) is 6.47. The van der Waals surface area contributed by atoms with Crippen molar-refractivity contribution in [3.8, 4) is 11.5 Å². The summed E-state index contributed by atoms with van der Waals surface area (Å²) < 4.78 is 11.0. The van der Waals surface area contributed by atoms with Crippen LogP contribution in [0.2, 0.25) is 0 Å². The summed E-state index contributed by atoms with van der Waals surface area (Å²) in [5, 5.41) is 0. The van der Waals surface area contributed by atoms with Crippen molar-refractivity contribution in [3.05, 3.63) is 59.2 Å². The summed E-state index contributed by atoms with van der Waals surface area (Å²) in [5.74, 6) is 1.42. The normalized spacial score (nSPS) is 10.2. The van der Waals surface area contributed by atoms with Crippen LogP contribution in [0.3, 0.4) is 0 Å². The molecule has 0 heterocycles. The minimum Gasteiger partial charge on any atom is -0.497 e. The number of ketones is 1. The molecule has 0 amide bonds. The third-order valence-corrected chi connectivity index (χ3v) is 3.04. The lowest BCUT2D eigenvalue weighted by molar-refractivity contribution is 0.101. The topological polar surface area (TPSA) is 35.5 Å². The molecule has 2 aromatic carbocycles. The maximum absolute atomic E-state index is 11.6. The van der Waals surface area contributed by atoms with Crippen LogP contribution in [0.15, 0.2) is 42.5 Å². The lowest BCUT2D eigenvalue weighted by Gasteiger charge is -2.11. The zero-order valence-corrected chi connectivity index (χ0v) is 12.0. The molecule has 2 aromatic rings. The zero-order chi connectivity index (χ0) is 14.5. The molecule has 2 rings (SSSR count). The number of methoxy groups -OCH3 is 1. The minimum absolute atomic E-state index is 0.00522. The molecular formula is C17H18O3. The molecular weight excluding hydrogens is 252 g/mol. The highest BCUT2D eigenvalue weighted by Gasteiger charge is 2.09. The maximum atomic E-state index is 11.6.